The molecule has 0 atom stereocenters. The lowest BCUT2D eigenvalue weighted by atomic mass is 10.1. The normalized spacial score (nSPS) is 11.1. The molecular formula is C12H12N4. The van der Waals surface area contributed by atoms with Crippen molar-refractivity contribution in [2.45, 2.75) is 0 Å². The number of aromatic amines is 1. The van der Waals surface area contributed by atoms with E-state index in [1.807, 2.05) is 7.05 Å². The standard InChI is InChI=1S/C12H12N4/c1-16-5-4-8-2-3-9(6-11(8)16)10-7-14-12(13)15-10/h2-7H,1H3,(H3,13,14,15). The molecule has 2 aromatic heterocycles. The SMILES string of the molecule is Cn1ccc2ccc(-c3cnc(N)[nH]3)cc21. The number of imidazole rings is 1. The van der Waals surface area contributed by atoms with Gasteiger partial charge >= 0.3 is 0 Å². The van der Waals surface area contributed by atoms with E-state index in [9.17, 15) is 0 Å². The second-order valence-corrected chi connectivity index (χ2v) is 3.88. The van der Waals surface area contributed by atoms with Crippen molar-refractivity contribution < 1.29 is 0 Å². The van der Waals surface area contributed by atoms with Crippen LogP contribution in [0.25, 0.3) is 22.2 Å². The second-order valence-electron chi connectivity index (χ2n) is 3.88. The summed E-state index contributed by atoms with van der Waals surface area (Å²) < 4.78 is 2.10. The van der Waals surface area contributed by atoms with Gasteiger partial charge < -0.3 is 15.3 Å². The summed E-state index contributed by atoms with van der Waals surface area (Å²) in [6, 6.07) is 8.39. The van der Waals surface area contributed by atoms with E-state index >= 15 is 0 Å². The molecule has 0 aliphatic rings. The van der Waals surface area contributed by atoms with Gasteiger partial charge in [-0.05, 0) is 17.5 Å². The average Bonchev–Trinajstić information content (AvgIpc) is 2.86. The maximum atomic E-state index is 5.57. The lowest BCUT2D eigenvalue weighted by Crippen LogP contribution is -1.87. The summed E-state index contributed by atoms with van der Waals surface area (Å²) in [5.41, 5.74) is 8.81. The number of rotatable bonds is 1. The van der Waals surface area contributed by atoms with Crippen molar-refractivity contribution >= 4 is 16.9 Å². The zero-order valence-electron chi connectivity index (χ0n) is 8.94. The van der Waals surface area contributed by atoms with Crippen molar-refractivity contribution in [3.63, 3.8) is 0 Å². The van der Waals surface area contributed by atoms with Crippen LogP contribution in [0.3, 0.4) is 0 Å². The van der Waals surface area contributed by atoms with Gasteiger partial charge in [0.05, 0.1) is 11.9 Å². The molecule has 2 heterocycles. The molecule has 0 aliphatic carbocycles. The van der Waals surface area contributed by atoms with Crippen molar-refractivity contribution in [3.8, 4) is 11.3 Å². The molecule has 4 nitrogen and oxygen atoms in total. The van der Waals surface area contributed by atoms with Crippen LogP contribution in [0.15, 0.2) is 36.7 Å². The number of aryl methyl sites for hydroxylation is 1. The molecule has 0 spiro atoms. The minimum Gasteiger partial charge on any atom is -0.369 e. The van der Waals surface area contributed by atoms with Crippen molar-refractivity contribution in [2.75, 3.05) is 5.73 Å². The summed E-state index contributed by atoms with van der Waals surface area (Å²) in [5, 5.41) is 1.23. The summed E-state index contributed by atoms with van der Waals surface area (Å²) >= 11 is 0. The first-order chi connectivity index (χ1) is 7.74. The number of nitrogens with two attached hydrogens (primary N) is 1. The predicted molar refractivity (Wildman–Crippen MR) is 64.9 cm³/mol. The first kappa shape index (κ1) is 9.03. The summed E-state index contributed by atoms with van der Waals surface area (Å²) in [7, 11) is 2.04. The smallest absolute Gasteiger partial charge is 0.197 e. The fourth-order valence-corrected chi connectivity index (χ4v) is 1.91. The number of nitrogen functional groups attached to an aromatic ring is 1. The number of aromatic nitrogens is 3. The van der Waals surface area contributed by atoms with Gasteiger partial charge in [0.15, 0.2) is 5.95 Å². The van der Waals surface area contributed by atoms with Crippen LogP contribution in [0.1, 0.15) is 0 Å². The van der Waals surface area contributed by atoms with E-state index in [0.717, 1.165) is 11.3 Å². The molecule has 0 fully saturated rings. The summed E-state index contributed by atoms with van der Waals surface area (Å²) in [6.45, 7) is 0. The Labute approximate surface area is 92.7 Å². The van der Waals surface area contributed by atoms with Gasteiger partial charge in [-0.25, -0.2) is 4.98 Å². The number of hydrogen-bond donors (Lipinski definition) is 2. The Morgan fingerprint density at radius 3 is 2.94 bits per heavy atom. The fourth-order valence-electron chi connectivity index (χ4n) is 1.91. The first-order valence-corrected chi connectivity index (χ1v) is 5.10. The highest BCUT2D eigenvalue weighted by molar-refractivity contribution is 5.84. The summed E-state index contributed by atoms with van der Waals surface area (Å²) in [5.74, 6) is 0.446. The molecule has 0 saturated carbocycles. The molecule has 4 heteroatoms. The number of benzene rings is 1. The van der Waals surface area contributed by atoms with Gasteiger partial charge in [-0.15, -0.1) is 0 Å². The Hall–Kier alpha value is -2.23. The van der Waals surface area contributed by atoms with Gasteiger partial charge in [0, 0.05) is 24.3 Å². The average molecular weight is 212 g/mol. The van der Waals surface area contributed by atoms with Gasteiger partial charge in [-0.3, -0.25) is 0 Å². The number of anilines is 1. The molecule has 0 radical (unpaired) electrons. The Bertz CT molecular complexity index is 648. The minimum atomic E-state index is 0.446. The molecule has 0 bridgehead atoms. The maximum Gasteiger partial charge on any atom is 0.197 e. The number of fused-ring (bicyclic) bond motifs is 1. The van der Waals surface area contributed by atoms with E-state index in [2.05, 4.69) is 45.0 Å². The van der Waals surface area contributed by atoms with Crippen LogP contribution in [0, 0.1) is 0 Å². The lowest BCUT2D eigenvalue weighted by molar-refractivity contribution is 0.969. The van der Waals surface area contributed by atoms with Crippen molar-refractivity contribution in [1.29, 1.82) is 0 Å². The van der Waals surface area contributed by atoms with Gasteiger partial charge in [0.25, 0.3) is 0 Å². The third-order valence-electron chi connectivity index (χ3n) is 2.79. The van der Waals surface area contributed by atoms with E-state index in [1.165, 1.54) is 10.9 Å². The van der Waals surface area contributed by atoms with E-state index in [-0.39, 0.29) is 0 Å². The largest absolute Gasteiger partial charge is 0.369 e. The van der Waals surface area contributed by atoms with E-state index < -0.39 is 0 Å². The molecule has 0 amide bonds. The molecule has 1 aromatic carbocycles. The van der Waals surface area contributed by atoms with Crippen molar-refractivity contribution in [2.24, 2.45) is 7.05 Å². The molecule has 0 aliphatic heterocycles. The van der Waals surface area contributed by atoms with Crippen LogP contribution in [-0.4, -0.2) is 14.5 Å². The monoisotopic (exact) mass is 212 g/mol. The quantitative estimate of drug-likeness (QED) is 0.649. The number of nitrogens with one attached hydrogen (secondary N) is 1. The Morgan fingerprint density at radius 2 is 2.19 bits per heavy atom. The highest BCUT2D eigenvalue weighted by atomic mass is 15.0. The maximum absolute atomic E-state index is 5.57. The van der Waals surface area contributed by atoms with Gasteiger partial charge in [-0.1, -0.05) is 12.1 Å². The third kappa shape index (κ3) is 1.27. The van der Waals surface area contributed by atoms with Crippen LogP contribution < -0.4 is 5.73 Å². The zero-order valence-corrected chi connectivity index (χ0v) is 8.94. The van der Waals surface area contributed by atoms with E-state index in [4.69, 9.17) is 5.73 Å². The van der Waals surface area contributed by atoms with E-state index in [0.29, 0.717) is 5.95 Å². The minimum absolute atomic E-state index is 0.446. The van der Waals surface area contributed by atoms with Crippen LogP contribution in [0.2, 0.25) is 0 Å². The van der Waals surface area contributed by atoms with Gasteiger partial charge in [-0.2, -0.15) is 0 Å². The van der Waals surface area contributed by atoms with E-state index in [1.54, 1.807) is 6.20 Å². The first-order valence-electron chi connectivity index (χ1n) is 5.10. The topological polar surface area (TPSA) is 59.6 Å². The summed E-state index contributed by atoms with van der Waals surface area (Å²) in [4.78, 5) is 7.02. The zero-order chi connectivity index (χ0) is 11.1. The Balaban J connectivity index is 2.21. The van der Waals surface area contributed by atoms with Crippen LogP contribution in [0.4, 0.5) is 5.95 Å². The predicted octanol–water partition coefficient (Wildman–Crippen LogP) is 2.15. The Morgan fingerprint density at radius 1 is 1.31 bits per heavy atom. The van der Waals surface area contributed by atoms with Gasteiger partial charge in [0.1, 0.15) is 0 Å². The highest BCUT2D eigenvalue weighted by Gasteiger charge is 2.04. The Kier molecular flexibility index (Phi) is 1.77. The number of hydrogen-bond acceptors (Lipinski definition) is 2. The molecule has 0 unspecified atom stereocenters. The molecular weight excluding hydrogens is 200 g/mol. The number of nitrogens with zero attached hydrogens (tertiary/aromatic N) is 2. The van der Waals surface area contributed by atoms with Crippen molar-refractivity contribution in [1.82, 2.24) is 14.5 Å². The summed E-state index contributed by atoms with van der Waals surface area (Å²) in [6.07, 6.45) is 3.80. The number of H-pyrrole nitrogens is 1. The van der Waals surface area contributed by atoms with Crippen molar-refractivity contribution in [3.05, 3.63) is 36.7 Å². The van der Waals surface area contributed by atoms with Gasteiger partial charge in [0.2, 0.25) is 0 Å². The molecule has 3 rings (SSSR count). The molecule has 80 valence electrons. The second kappa shape index (κ2) is 3.13. The molecule has 16 heavy (non-hydrogen) atoms. The molecule has 3 N–H and O–H groups in total. The molecule has 0 saturated heterocycles. The fraction of sp³-hybridized carbons (Fsp3) is 0.0833. The lowest BCUT2D eigenvalue weighted by Gasteiger charge is -2.00. The molecule has 3 aromatic rings. The van der Waals surface area contributed by atoms with Crippen LogP contribution in [-0.2, 0) is 7.05 Å². The third-order valence-corrected chi connectivity index (χ3v) is 2.79. The highest BCUT2D eigenvalue weighted by Crippen LogP contribution is 2.23. The van der Waals surface area contributed by atoms with Crippen LogP contribution >= 0.6 is 0 Å². The van der Waals surface area contributed by atoms with Crippen LogP contribution in [0.5, 0.6) is 0 Å².